The van der Waals surface area contributed by atoms with Crippen molar-refractivity contribution in [2.45, 2.75) is 12.0 Å². The molecule has 0 radical (unpaired) electrons. The van der Waals surface area contributed by atoms with Crippen molar-refractivity contribution in [3.8, 4) is 0 Å². The fourth-order valence-electron chi connectivity index (χ4n) is 2.33. The third-order valence-electron chi connectivity index (χ3n) is 3.26. The summed E-state index contributed by atoms with van der Waals surface area (Å²) in [5.41, 5.74) is 6.75. The number of pyridine rings is 1. The third-order valence-corrected chi connectivity index (χ3v) is 3.26. The predicted octanol–water partition coefficient (Wildman–Crippen LogP) is 0.594. The van der Waals surface area contributed by atoms with Gasteiger partial charge in [0.2, 0.25) is 0 Å². The molecule has 1 aromatic heterocycles. The highest BCUT2D eigenvalue weighted by Crippen LogP contribution is 2.27. The van der Waals surface area contributed by atoms with E-state index in [2.05, 4.69) is 9.88 Å². The molecule has 0 amide bonds. The molecular formula is C12H18FN3O. The van der Waals surface area contributed by atoms with E-state index in [9.17, 15) is 4.39 Å². The SMILES string of the molecule is COCCN1C[C@H](c2ccncc2F)[C@@H](N)C1. The monoisotopic (exact) mass is 239 g/mol. The first kappa shape index (κ1) is 12.4. The Morgan fingerprint density at radius 1 is 1.59 bits per heavy atom. The third kappa shape index (κ3) is 2.80. The molecule has 1 aliphatic heterocycles. The van der Waals surface area contributed by atoms with E-state index in [1.165, 1.54) is 6.20 Å². The molecule has 0 aliphatic carbocycles. The Hall–Kier alpha value is -1.04. The second-order valence-corrected chi connectivity index (χ2v) is 4.42. The maximum absolute atomic E-state index is 13.6. The summed E-state index contributed by atoms with van der Waals surface area (Å²) in [5.74, 6) is -0.212. The average molecular weight is 239 g/mol. The van der Waals surface area contributed by atoms with Gasteiger partial charge >= 0.3 is 0 Å². The molecule has 2 heterocycles. The molecule has 1 saturated heterocycles. The van der Waals surface area contributed by atoms with Crippen molar-refractivity contribution in [3.63, 3.8) is 0 Å². The van der Waals surface area contributed by atoms with Crippen LogP contribution in [0.2, 0.25) is 0 Å². The molecule has 2 rings (SSSR count). The first-order valence-electron chi connectivity index (χ1n) is 5.78. The van der Waals surface area contributed by atoms with Gasteiger partial charge in [0.15, 0.2) is 0 Å². The first-order chi connectivity index (χ1) is 8.22. The maximum Gasteiger partial charge on any atom is 0.145 e. The van der Waals surface area contributed by atoms with Crippen LogP contribution in [0.3, 0.4) is 0 Å². The van der Waals surface area contributed by atoms with E-state index in [4.69, 9.17) is 10.5 Å². The predicted molar refractivity (Wildman–Crippen MR) is 63.2 cm³/mol. The van der Waals surface area contributed by atoms with Crippen molar-refractivity contribution in [2.24, 2.45) is 5.73 Å². The standard InChI is InChI=1S/C12H18FN3O/c1-17-5-4-16-7-10(12(14)8-16)9-2-3-15-6-11(9)13/h2-3,6,10,12H,4-5,7-8,14H2,1H3/t10-,12+/m1/s1. The number of hydrogen-bond acceptors (Lipinski definition) is 4. The first-order valence-corrected chi connectivity index (χ1v) is 5.78. The summed E-state index contributed by atoms with van der Waals surface area (Å²) in [6, 6.07) is 1.70. The zero-order chi connectivity index (χ0) is 12.3. The number of aromatic nitrogens is 1. The topological polar surface area (TPSA) is 51.4 Å². The van der Waals surface area contributed by atoms with E-state index < -0.39 is 0 Å². The van der Waals surface area contributed by atoms with Gasteiger partial charge in [-0.2, -0.15) is 0 Å². The average Bonchev–Trinajstić information content (AvgIpc) is 2.68. The lowest BCUT2D eigenvalue weighted by atomic mass is 9.95. The summed E-state index contributed by atoms with van der Waals surface area (Å²) in [6.07, 6.45) is 2.86. The molecule has 0 aromatic carbocycles. The van der Waals surface area contributed by atoms with Crippen LogP contribution in [0, 0.1) is 5.82 Å². The number of ether oxygens (including phenoxy) is 1. The minimum Gasteiger partial charge on any atom is -0.383 e. The van der Waals surface area contributed by atoms with Gasteiger partial charge in [0.05, 0.1) is 12.8 Å². The van der Waals surface area contributed by atoms with Gasteiger partial charge in [-0.3, -0.25) is 9.88 Å². The van der Waals surface area contributed by atoms with Crippen LogP contribution >= 0.6 is 0 Å². The fourth-order valence-corrected chi connectivity index (χ4v) is 2.33. The second-order valence-electron chi connectivity index (χ2n) is 4.42. The van der Waals surface area contributed by atoms with Gasteiger partial charge in [0.25, 0.3) is 0 Å². The van der Waals surface area contributed by atoms with E-state index in [1.54, 1.807) is 19.4 Å². The lowest BCUT2D eigenvalue weighted by Crippen LogP contribution is -2.30. The Kier molecular flexibility index (Phi) is 4.04. The second kappa shape index (κ2) is 5.53. The Labute approximate surface area is 101 Å². The van der Waals surface area contributed by atoms with Gasteiger partial charge in [-0.15, -0.1) is 0 Å². The molecule has 0 bridgehead atoms. The summed E-state index contributed by atoms with van der Waals surface area (Å²) in [7, 11) is 1.68. The zero-order valence-electron chi connectivity index (χ0n) is 9.97. The van der Waals surface area contributed by atoms with Crippen LogP contribution in [-0.4, -0.2) is 49.3 Å². The summed E-state index contributed by atoms with van der Waals surface area (Å²) in [4.78, 5) is 5.97. The lowest BCUT2D eigenvalue weighted by Gasteiger charge is -2.15. The summed E-state index contributed by atoms with van der Waals surface area (Å²) >= 11 is 0. The zero-order valence-corrected chi connectivity index (χ0v) is 9.97. The van der Waals surface area contributed by atoms with Gasteiger partial charge in [0, 0.05) is 44.9 Å². The largest absolute Gasteiger partial charge is 0.383 e. The molecule has 0 saturated carbocycles. The maximum atomic E-state index is 13.6. The molecule has 1 aromatic rings. The number of rotatable bonds is 4. The molecule has 17 heavy (non-hydrogen) atoms. The molecule has 5 heteroatoms. The number of hydrogen-bond donors (Lipinski definition) is 1. The molecule has 2 N–H and O–H groups in total. The smallest absolute Gasteiger partial charge is 0.145 e. The van der Waals surface area contributed by atoms with Crippen LogP contribution < -0.4 is 5.73 Å². The minimum atomic E-state index is -0.262. The van der Waals surface area contributed by atoms with Crippen molar-refractivity contribution >= 4 is 0 Å². The molecule has 4 nitrogen and oxygen atoms in total. The Bertz CT molecular complexity index is 375. The fraction of sp³-hybridized carbons (Fsp3) is 0.583. The van der Waals surface area contributed by atoms with Gasteiger partial charge in [-0.1, -0.05) is 0 Å². The van der Waals surface area contributed by atoms with Crippen molar-refractivity contribution in [3.05, 3.63) is 29.8 Å². The van der Waals surface area contributed by atoms with Gasteiger partial charge in [-0.05, 0) is 11.6 Å². The normalized spacial score (nSPS) is 25.4. The summed E-state index contributed by atoms with van der Waals surface area (Å²) < 4.78 is 18.7. The van der Waals surface area contributed by atoms with Gasteiger partial charge in [0.1, 0.15) is 5.82 Å². The lowest BCUT2D eigenvalue weighted by molar-refractivity contribution is 0.159. The van der Waals surface area contributed by atoms with E-state index in [1.807, 2.05) is 0 Å². The highest BCUT2D eigenvalue weighted by Gasteiger charge is 2.32. The van der Waals surface area contributed by atoms with Crippen molar-refractivity contribution in [1.29, 1.82) is 0 Å². The highest BCUT2D eigenvalue weighted by atomic mass is 19.1. The number of halogens is 1. The molecule has 94 valence electrons. The quantitative estimate of drug-likeness (QED) is 0.835. The number of likely N-dealkylation sites (tertiary alicyclic amines) is 1. The molecule has 0 unspecified atom stereocenters. The summed E-state index contributed by atoms with van der Waals surface area (Å²) in [5, 5.41) is 0. The van der Waals surface area contributed by atoms with Crippen LogP contribution in [0.25, 0.3) is 0 Å². The van der Waals surface area contributed by atoms with Crippen molar-refractivity contribution in [1.82, 2.24) is 9.88 Å². The van der Waals surface area contributed by atoms with E-state index >= 15 is 0 Å². The van der Waals surface area contributed by atoms with Crippen LogP contribution in [-0.2, 0) is 4.74 Å². The van der Waals surface area contributed by atoms with Crippen LogP contribution in [0.1, 0.15) is 11.5 Å². The molecule has 2 atom stereocenters. The molecular weight excluding hydrogens is 221 g/mol. The number of nitrogens with two attached hydrogens (primary N) is 1. The Morgan fingerprint density at radius 2 is 2.41 bits per heavy atom. The van der Waals surface area contributed by atoms with E-state index in [0.29, 0.717) is 12.2 Å². The Morgan fingerprint density at radius 3 is 3.12 bits per heavy atom. The molecule has 1 aliphatic rings. The number of methoxy groups -OCH3 is 1. The van der Waals surface area contributed by atoms with Crippen LogP contribution in [0.5, 0.6) is 0 Å². The molecule has 0 spiro atoms. The van der Waals surface area contributed by atoms with Crippen LogP contribution in [0.15, 0.2) is 18.5 Å². The van der Waals surface area contributed by atoms with Crippen LogP contribution in [0.4, 0.5) is 4.39 Å². The van der Waals surface area contributed by atoms with Crippen molar-refractivity contribution in [2.75, 3.05) is 33.4 Å². The van der Waals surface area contributed by atoms with Crippen molar-refractivity contribution < 1.29 is 9.13 Å². The summed E-state index contributed by atoms with van der Waals surface area (Å²) in [6.45, 7) is 3.09. The van der Waals surface area contributed by atoms with E-state index in [0.717, 1.165) is 19.6 Å². The van der Waals surface area contributed by atoms with Gasteiger partial charge < -0.3 is 10.5 Å². The molecule has 1 fully saturated rings. The number of nitrogens with zero attached hydrogens (tertiary/aromatic N) is 2. The highest BCUT2D eigenvalue weighted by molar-refractivity contribution is 5.22. The van der Waals surface area contributed by atoms with E-state index in [-0.39, 0.29) is 17.8 Å². The Balaban J connectivity index is 2.05. The minimum absolute atomic E-state index is 0.0243. The van der Waals surface area contributed by atoms with Gasteiger partial charge in [-0.25, -0.2) is 4.39 Å².